The molecule has 0 bridgehead atoms. The fraction of sp³-hybridized carbons (Fsp3) is 0.500. The van der Waals surface area contributed by atoms with Crippen molar-refractivity contribution in [3.63, 3.8) is 0 Å². The third-order valence-electron chi connectivity index (χ3n) is 5.96. The van der Waals surface area contributed by atoms with Gasteiger partial charge in [0.1, 0.15) is 11.3 Å². The highest BCUT2D eigenvalue weighted by Crippen LogP contribution is 2.34. The Kier molecular flexibility index (Phi) is 4.89. The maximum atomic E-state index is 12.8. The molecule has 2 N–H and O–H groups in total. The Morgan fingerprint density at radius 1 is 1.17 bits per heavy atom. The summed E-state index contributed by atoms with van der Waals surface area (Å²) in [4.78, 5) is 51.9. The summed E-state index contributed by atoms with van der Waals surface area (Å²) in [7, 11) is 1.52. The molecule has 5 amide bonds. The molecular weight excluding hydrogens is 376 g/mol. The van der Waals surface area contributed by atoms with Crippen LogP contribution in [-0.4, -0.2) is 48.0 Å². The molecule has 1 saturated carbocycles. The van der Waals surface area contributed by atoms with Crippen LogP contribution in [-0.2, 0) is 14.4 Å². The molecule has 0 unspecified atom stereocenters. The minimum absolute atomic E-state index is 0.00132. The SMILES string of the molecule is COc1ccccc1N1C[C@@H](C(=O)NN2C(=O)NC3(CCCCC3)C2=O)CC1=O. The number of carbonyl (C=O) groups excluding carboxylic acids is 4. The van der Waals surface area contributed by atoms with Crippen molar-refractivity contribution in [1.82, 2.24) is 15.8 Å². The molecule has 9 heteroatoms. The molecule has 1 aromatic carbocycles. The topological polar surface area (TPSA) is 108 Å². The zero-order valence-corrected chi connectivity index (χ0v) is 16.3. The number of nitrogens with zero attached hydrogens (tertiary/aromatic N) is 2. The van der Waals surface area contributed by atoms with Gasteiger partial charge in [-0.05, 0) is 25.0 Å². The van der Waals surface area contributed by atoms with E-state index in [1.165, 1.54) is 12.0 Å². The first-order chi connectivity index (χ1) is 13.9. The van der Waals surface area contributed by atoms with Gasteiger partial charge in [-0.25, -0.2) is 4.79 Å². The molecule has 154 valence electrons. The highest BCUT2D eigenvalue weighted by atomic mass is 16.5. The van der Waals surface area contributed by atoms with E-state index in [-0.39, 0.29) is 18.9 Å². The quantitative estimate of drug-likeness (QED) is 0.742. The highest BCUT2D eigenvalue weighted by molar-refractivity contribution is 6.08. The molecule has 2 aliphatic heterocycles. The maximum absolute atomic E-state index is 12.8. The van der Waals surface area contributed by atoms with E-state index < -0.39 is 29.3 Å². The smallest absolute Gasteiger partial charge is 0.344 e. The molecule has 1 aliphatic carbocycles. The van der Waals surface area contributed by atoms with Crippen molar-refractivity contribution < 1.29 is 23.9 Å². The third kappa shape index (κ3) is 3.30. The Labute approximate surface area is 168 Å². The predicted molar refractivity (Wildman–Crippen MR) is 103 cm³/mol. The summed E-state index contributed by atoms with van der Waals surface area (Å²) >= 11 is 0. The van der Waals surface area contributed by atoms with Gasteiger partial charge >= 0.3 is 6.03 Å². The molecule has 2 saturated heterocycles. The molecule has 1 aromatic rings. The number of hydrogen-bond acceptors (Lipinski definition) is 5. The maximum Gasteiger partial charge on any atom is 0.344 e. The van der Waals surface area contributed by atoms with Gasteiger partial charge in [-0.15, -0.1) is 0 Å². The van der Waals surface area contributed by atoms with E-state index in [0.717, 1.165) is 24.3 Å². The number of imide groups is 1. The molecule has 3 aliphatic rings. The molecule has 4 rings (SSSR count). The molecule has 0 aromatic heterocycles. The number of urea groups is 1. The molecule has 29 heavy (non-hydrogen) atoms. The number of carbonyl (C=O) groups is 4. The van der Waals surface area contributed by atoms with Gasteiger partial charge in [0.2, 0.25) is 11.8 Å². The van der Waals surface area contributed by atoms with Gasteiger partial charge in [0.15, 0.2) is 0 Å². The lowest BCUT2D eigenvalue weighted by Gasteiger charge is -2.30. The van der Waals surface area contributed by atoms with Crippen molar-refractivity contribution in [2.24, 2.45) is 5.92 Å². The molecule has 1 spiro atoms. The van der Waals surface area contributed by atoms with Crippen LogP contribution in [0.25, 0.3) is 0 Å². The normalized spacial score (nSPS) is 23.5. The molecule has 0 radical (unpaired) electrons. The second-order valence-electron chi connectivity index (χ2n) is 7.77. The van der Waals surface area contributed by atoms with Crippen molar-refractivity contribution in [1.29, 1.82) is 0 Å². The number of nitrogens with one attached hydrogen (secondary N) is 2. The number of rotatable bonds is 4. The third-order valence-corrected chi connectivity index (χ3v) is 5.96. The summed E-state index contributed by atoms with van der Waals surface area (Å²) in [6.45, 7) is 0.153. The minimum atomic E-state index is -0.905. The zero-order chi connectivity index (χ0) is 20.6. The van der Waals surface area contributed by atoms with E-state index in [1.807, 2.05) is 0 Å². The van der Waals surface area contributed by atoms with Crippen molar-refractivity contribution >= 4 is 29.4 Å². The Bertz CT molecular complexity index is 864. The van der Waals surface area contributed by atoms with E-state index in [1.54, 1.807) is 24.3 Å². The lowest BCUT2D eigenvalue weighted by Crippen LogP contribution is -2.52. The largest absolute Gasteiger partial charge is 0.495 e. The number of hydrogen-bond donors (Lipinski definition) is 2. The average Bonchev–Trinajstić information content (AvgIpc) is 3.22. The van der Waals surface area contributed by atoms with Gasteiger partial charge in [-0.3, -0.25) is 19.8 Å². The molecular formula is C20H24N4O5. The lowest BCUT2D eigenvalue weighted by atomic mass is 9.82. The first-order valence-corrected chi connectivity index (χ1v) is 9.86. The van der Waals surface area contributed by atoms with Gasteiger partial charge in [0.25, 0.3) is 5.91 Å². The van der Waals surface area contributed by atoms with Crippen molar-refractivity contribution in [2.75, 3.05) is 18.6 Å². The van der Waals surface area contributed by atoms with Crippen LogP contribution in [0.3, 0.4) is 0 Å². The standard InChI is InChI=1S/C20H24N4O5/c1-29-15-8-4-3-7-14(15)23-12-13(11-16(23)25)17(26)22-24-18(27)20(21-19(24)28)9-5-2-6-10-20/h3-4,7-8,13H,2,5-6,9-12H2,1H3,(H,21,28)(H,22,26)/t13-/m0/s1. The first-order valence-electron chi connectivity index (χ1n) is 9.86. The van der Waals surface area contributed by atoms with Crippen molar-refractivity contribution in [2.45, 2.75) is 44.1 Å². The number of hydrazine groups is 1. The fourth-order valence-corrected chi connectivity index (χ4v) is 4.39. The summed E-state index contributed by atoms with van der Waals surface area (Å²) in [6.07, 6.45) is 3.90. The monoisotopic (exact) mass is 400 g/mol. The van der Waals surface area contributed by atoms with Crippen LogP contribution in [0.2, 0.25) is 0 Å². The Balaban J connectivity index is 1.45. The zero-order valence-electron chi connectivity index (χ0n) is 16.3. The summed E-state index contributed by atoms with van der Waals surface area (Å²) in [6, 6.07) is 6.46. The molecule has 1 atom stereocenters. The van der Waals surface area contributed by atoms with Crippen LogP contribution >= 0.6 is 0 Å². The Morgan fingerprint density at radius 3 is 2.62 bits per heavy atom. The summed E-state index contributed by atoms with van der Waals surface area (Å²) in [5.74, 6) is -1.28. The van der Waals surface area contributed by atoms with Crippen molar-refractivity contribution in [3.05, 3.63) is 24.3 Å². The van der Waals surface area contributed by atoms with E-state index in [2.05, 4.69) is 10.7 Å². The van der Waals surface area contributed by atoms with E-state index in [9.17, 15) is 19.2 Å². The number of anilines is 1. The number of methoxy groups -OCH3 is 1. The molecule has 3 fully saturated rings. The van der Waals surface area contributed by atoms with Crippen molar-refractivity contribution in [3.8, 4) is 5.75 Å². The second-order valence-corrected chi connectivity index (χ2v) is 7.77. The van der Waals surface area contributed by atoms with Crippen LogP contribution in [0, 0.1) is 5.92 Å². The molecule has 2 heterocycles. The second kappa shape index (κ2) is 7.38. The number of benzene rings is 1. The van der Waals surface area contributed by atoms with Crippen LogP contribution < -0.4 is 20.4 Å². The van der Waals surface area contributed by atoms with Crippen LogP contribution in [0.4, 0.5) is 10.5 Å². The van der Waals surface area contributed by atoms with Crippen LogP contribution in [0.5, 0.6) is 5.75 Å². The lowest BCUT2D eigenvalue weighted by molar-refractivity contribution is -0.141. The predicted octanol–water partition coefficient (Wildman–Crippen LogP) is 1.33. The number of amides is 5. The Hall–Kier alpha value is -3.10. The number of ether oxygens (including phenoxy) is 1. The fourth-order valence-electron chi connectivity index (χ4n) is 4.39. The summed E-state index contributed by atoms with van der Waals surface area (Å²) in [5.41, 5.74) is 2.12. The van der Waals surface area contributed by atoms with Gasteiger partial charge < -0.3 is 15.0 Å². The van der Waals surface area contributed by atoms with Gasteiger partial charge in [-0.2, -0.15) is 5.01 Å². The van der Waals surface area contributed by atoms with Crippen LogP contribution in [0.15, 0.2) is 24.3 Å². The van der Waals surface area contributed by atoms with Gasteiger partial charge in [0, 0.05) is 13.0 Å². The van der Waals surface area contributed by atoms with E-state index in [0.29, 0.717) is 24.3 Å². The average molecular weight is 400 g/mol. The Morgan fingerprint density at radius 2 is 1.90 bits per heavy atom. The highest BCUT2D eigenvalue weighted by Gasteiger charge is 2.52. The van der Waals surface area contributed by atoms with Gasteiger partial charge in [0.05, 0.1) is 18.7 Å². The van der Waals surface area contributed by atoms with Gasteiger partial charge in [-0.1, -0.05) is 31.4 Å². The molecule has 9 nitrogen and oxygen atoms in total. The summed E-state index contributed by atoms with van der Waals surface area (Å²) < 4.78 is 5.30. The van der Waals surface area contributed by atoms with Crippen LogP contribution in [0.1, 0.15) is 38.5 Å². The number of para-hydroxylation sites is 2. The van der Waals surface area contributed by atoms with E-state index >= 15 is 0 Å². The minimum Gasteiger partial charge on any atom is -0.495 e. The van der Waals surface area contributed by atoms with E-state index in [4.69, 9.17) is 4.74 Å². The summed E-state index contributed by atoms with van der Waals surface area (Å²) in [5, 5.41) is 3.53. The first kappa shape index (κ1) is 19.2.